The van der Waals surface area contributed by atoms with Gasteiger partial charge >= 0.3 is 6.18 Å². The summed E-state index contributed by atoms with van der Waals surface area (Å²) < 4.78 is 40.7. The summed E-state index contributed by atoms with van der Waals surface area (Å²) in [4.78, 5) is 29.8. The van der Waals surface area contributed by atoms with Gasteiger partial charge in [-0.3, -0.25) is 9.59 Å². The number of nitrogens with one attached hydrogen (secondary N) is 2. The van der Waals surface area contributed by atoms with Gasteiger partial charge in [-0.2, -0.15) is 18.3 Å². The van der Waals surface area contributed by atoms with Crippen LogP contribution < -0.4 is 10.6 Å². The molecule has 33 heavy (non-hydrogen) atoms. The van der Waals surface area contributed by atoms with Crippen molar-refractivity contribution in [2.45, 2.75) is 31.5 Å². The highest BCUT2D eigenvalue weighted by molar-refractivity contribution is 6.35. The van der Waals surface area contributed by atoms with E-state index in [4.69, 9.17) is 23.2 Å². The maximum atomic E-state index is 13.4. The summed E-state index contributed by atoms with van der Waals surface area (Å²) in [7, 11) is 0. The molecule has 172 valence electrons. The van der Waals surface area contributed by atoms with E-state index >= 15 is 0 Å². The molecule has 1 fully saturated rings. The first kappa shape index (κ1) is 23.1. The molecule has 1 aliphatic rings. The van der Waals surface area contributed by atoms with E-state index in [1.165, 1.54) is 36.5 Å². The highest BCUT2D eigenvalue weighted by atomic mass is 35.5. The zero-order chi connectivity index (χ0) is 24.0. The second-order valence-electron chi connectivity index (χ2n) is 7.76. The molecule has 1 saturated carbocycles. The Labute approximate surface area is 195 Å². The van der Waals surface area contributed by atoms with Crippen LogP contribution in [0, 0.1) is 0 Å². The Morgan fingerprint density at radius 3 is 2.42 bits per heavy atom. The van der Waals surface area contributed by atoms with E-state index in [1.807, 2.05) is 6.92 Å². The highest BCUT2D eigenvalue weighted by Crippen LogP contribution is 2.36. The average Bonchev–Trinajstić information content (AvgIpc) is 3.28. The van der Waals surface area contributed by atoms with Gasteiger partial charge in [0.15, 0.2) is 11.5 Å². The van der Waals surface area contributed by atoms with Gasteiger partial charge in [0, 0.05) is 17.8 Å². The monoisotopic (exact) mass is 497 g/mol. The van der Waals surface area contributed by atoms with E-state index in [0.717, 1.165) is 12.8 Å². The van der Waals surface area contributed by atoms with Crippen molar-refractivity contribution in [1.82, 2.24) is 20.1 Å². The largest absolute Gasteiger partial charge is 0.435 e. The second-order valence-corrected chi connectivity index (χ2v) is 8.58. The Kier molecular flexibility index (Phi) is 5.83. The van der Waals surface area contributed by atoms with Gasteiger partial charge in [-0.25, -0.2) is 9.67 Å². The molecule has 12 heteroatoms. The van der Waals surface area contributed by atoms with Crippen LogP contribution in [0.2, 0.25) is 10.0 Å². The predicted molar refractivity (Wildman–Crippen MR) is 116 cm³/mol. The maximum absolute atomic E-state index is 13.4. The molecule has 0 atom stereocenters. The number of benzene rings is 1. The van der Waals surface area contributed by atoms with Crippen LogP contribution in [0.3, 0.4) is 0 Å². The summed E-state index contributed by atoms with van der Waals surface area (Å²) in [6.07, 6.45) is -1.90. The first-order valence-corrected chi connectivity index (χ1v) is 10.4. The van der Waals surface area contributed by atoms with Crippen molar-refractivity contribution in [3.63, 3.8) is 0 Å². The van der Waals surface area contributed by atoms with Crippen LogP contribution in [0.15, 0.2) is 42.6 Å². The van der Waals surface area contributed by atoms with Gasteiger partial charge in [-0.05, 0) is 44.0 Å². The summed E-state index contributed by atoms with van der Waals surface area (Å²) in [5, 5.41) is 8.80. The van der Waals surface area contributed by atoms with Gasteiger partial charge in [-0.15, -0.1) is 0 Å². The Morgan fingerprint density at radius 1 is 1.09 bits per heavy atom. The molecular formula is C21H16Cl2F3N5O2. The number of nitrogens with zero attached hydrogens (tertiary/aromatic N) is 3. The summed E-state index contributed by atoms with van der Waals surface area (Å²) in [6, 6.07) is 7.88. The van der Waals surface area contributed by atoms with Crippen LogP contribution in [0.4, 0.5) is 18.9 Å². The van der Waals surface area contributed by atoms with Crippen LogP contribution >= 0.6 is 23.2 Å². The molecule has 2 aromatic heterocycles. The molecule has 0 unspecified atom stereocenters. The van der Waals surface area contributed by atoms with Crippen molar-refractivity contribution in [3.05, 3.63) is 69.6 Å². The van der Waals surface area contributed by atoms with Crippen molar-refractivity contribution >= 4 is 40.7 Å². The first-order valence-electron chi connectivity index (χ1n) is 9.69. The van der Waals surface area contributed by atoms with Gasteiger partial charge in [0.25, 0.3) is 11.8 Å². The normalized spacial score (nSPS) is 14.6. The van der Waals surface area contributed by atoms with E-state index in [9.17, 15) is 22.8 Å². The molecule has 3 aromatic rings. The minimum Gasteiger partial charge on any atom is -0.347 e. The van der Waals surface area contributed by atoms with Crippen LogP contribution in [-0.4, -0.2) is 32.1 Å². The molecule has 0 aliphatic heterocycles. The lowest BCUT2D eigenvalue weighted by Gasteiger charge is -2.16. The molecule has 2 heterocycles. The number of carbonyl (C=O) groups excluding carboxylic acids is 2. The molecule has 2 N–H and O–H groups in total. The fourth-order valence-electron chi connectivity index (χ4n) is 3.05. The van der Waals surface area contributed by atoms with E-state index in [-0.39, 0.29) is 32.7 Å². The van der Waals surface area contributed by atoms with Crippen molar-refractivity contribution in [2.24, 2.45) is 0 Å². The third-order valence-corrected chi connectivity index (χ3v) is 5.69. The molecule has 7 nitrogen and oxygen atoms in total. The maximum Gasteiger partial charge on any atom is 0.435 e. The quantitative estimate of drug-likeness (QED) is 0.511. The van der Waals surface area contributed by atoms with Gasteiger partial charge in [-0.1, -0.05) is 29.3 Å². The summed E-state index contributed by atoms with van der Waals surface area (Å²) in [6.45, 7) is 1.88. The van der Waals surface area contributed by atoms with Crippen molar-refractivity contribution in [2.75, 3.05) is 5.32 Å². The zero-order valence-electron chi connectivity index (χ0n) is 17.0. The number of alkyl halides is 3. The lowest BCUT2D eigenvalue weighted by Crippen LogP contribution is -2.35. The zero-order valence-corrected chi connectivity index (χ0v) is 18.5. The molecule has 1 aliphatic carbocycles. The lowest BCUT2D eigenvalue weighted by atomic mass is 10.1. The van der Waals surface area contributed by atoms with E-state index in [2.05, 4.69) is 20.7 Å². The minimum atomic E-state index is -4.82. The third kappa shape index (κ3) is 4.81. The number of carbonyl (C=O) groups is 2. The minimum absolute atomic E-state index is 0.0149. The number of hydrogen-bond acceptors (Lipinski definition) is 4. The molecule has 0 radical (unpaired) electrons. The topological polar surface area (TPSA) is 88.9 Å². The van der Waals surface area contributed by atoms with Crippen LogP contribution in [-0.2, 0) is 6.18 Å². The van der Waals surface area contributed by atoms with Gasteiger partial charge in [0.1, 0.15) is 5.69 Å². The Balaban J connectivity index is 1.73. The Bertz CT molecular complexity index is 1250. The van der Waals surface area contributed by atoms with Crippen LogP contribution in [0.1, 0.15) is 46.3 Å². The predicted octanol–water partition coefficient (Wildman–Crippen LogP) is 5.13. The van der Waals surface area contributed by atoms with Crippen molar-refractivity contribution in [1.29, 1.82) is 0 Å². The summed E-state index contributed by atoms with van der Waals surface area (Å²) in [5.41, 5.74) is -2.12. The average molecular weight is 498 g/mol. The number of aromatic nitrogens is 3. The number of hydrogen-bond donors (Lipinski definition) is 2. The molecule has 0 bridgehead atoms. The summed E-state index contributed by atoms with van der Waals surface area (Å²) >= 11 is 12.3. The van der Waals surface area contributed by atoms with Gasteiger partial charge in [0.2, 0.25) is 0 Å². The van der Waals surface area contributed by atoms with E-state index in [1.54, 1.807) is 0 Å². The van der Waals surface area contributed by atoms with Crippen molar-refractivity contribution < 1.29 is 22.8 Å². The molecule has 4 rings (SSSR count). The molecule has 1 aromatic carbocycles. The number of halogens is 5. The fraction of sp³-hybridized carbons (Fsp3) is 0.238. The number of amides is 2. The summed E-state index contributed by atoms with van der Waals surface area (Å²) in [5.74, 6) is -1.62. The number of para-hydroxylation sites is 1. The number of anilines is 1. The Hall–Kier alpha value is -3.11. The van der Waals surface area contributed by atoms with E-state index < -0.39 is 29.4 Å². The van der Waals surface area contributed by atoms with Crippen LogP contribution in [0.25, 0.3) is 5.82 Å². The lowest BCUT2D eigenvalue weighted by molar-refractivity contribution is -0.141. The molecule has 0 spiro atoms. The second kappa shape index (κ2) is 8.35. The fourth-order valence-corrected chi connectivity index (χ4v) is 3.47. The molecule has 0 saturated heterocycles. The first-order chi connectivity index (χ1) is 15.5. The Morgan fingerprint density at radius 2 is 1.79 bits per heavy atom. The van der Waals surface area contributed by atoms with Gasteiger partial charge in [0.05, 0.1) is 21.3 Å². The number of rotatable bonds is 5. The van der Waals surface area contributed by atoms with E-state index in [0.29, 0.717) is 10.7 Å². The molecular weight excluding hydrogens is 482 g/mol. The van der Waals surface area contributed by atoms with Crippen molar-refractivity contribution in [3.8, 4) is 5.82 Å². The highest BCUT2D eigenvalue weighted by Gasteiger charge is 2.40. The third-order valence-electron chi connectivity index (χ3n) is 5.08. The molecule has 2 amide bonds. The van der Waals surface area contributed by atoms with Gasteiger partial charge < -0.3 is 10.6 Å². The SMILES string of the molecule is CC1(NC(=O)c2cccc(Cl)c2NC(=O)c2cc(C(F)(F)F)nn2-c2ncccc2Cl)CC1. The standard InChI is InChI=1S/C21H16Cl2F3N5O2/c1-20(7-8-20)29-18(32)11-4-2-5-12(22)16(11)28-19(33)14-10-15(21(24,25)26)30-31(14)17-13(23)6-3-9-27-17/h2-6,9-10H,7-8H2,1H3,(H,28,33)(H,29,32). The van der Waals surface area contributed by atoms with Crippen LogP contribution in [0.5, 0.6) is 0 Å². The smallest absolute Gasteiger partial charge is 0.347 e. The number of pyridine rings is 1.